The molecule has 3 N–H and O–H groups in total. The summed E-state index contributed by atoms with van der Waals surface area (Å²) in [5, 5.41) is 9.54. The van der Waals surface area contributed by atoms with Crippen LogP contribution in [0.15, 0.2) is 24.3 Å². The molecule has 0 aromatic heterocycles. The van der Waals surface area contributed by atoms with Gasteiger partial charge in [-0.3, -0.25) is 0 Å². The minimum Gasteiger partial charge on any atom is -0.493 e. The van der Waals surface area contributed by atoms with Crippen LogP contribution < -0.4 is 10.5 Å². The summed E-state index contributed by atoms with van der Waals surface area (Å²) in [4.78, 5) is 0. The Hall–Kier alpha value is -1.10. The number of hydrogen-bond acceptors (Lipinski definition) is 4. The summed E-state index contributed by atoms with van der Waals surface area (Å²) in [6, 6.07) is 7.40. The first-order chi connectivity index (χ1) is 8.13. The Kier molecular flexibility index (Phi) is 3.66. The lowest BCUT2D eigenvalue weighted by atomic mass is 9.90. The number of aliphatic hydroxyl groups excluding tert-OH is 1. The molecule has 0 bridgehead atoms. The van der Waals surface area contributed by atoms with Crippen LogP contribution in [0.4, 0.5) is 0 Å². The summed E-state index contributed by atoms with van der Waals surface area (Å²) < 4.78 is 10.9. The van der Waals surface area contributed by atoms with E-state index < -0.39 is 6.10 Å². The predicted octanol–water partition coefficient (Wildman–Crippen LogP) is 1.09. The second kappa shape index (κ2) is 5.04. The Bertz CT molecular complexity index is 359. The Balaban J connectivity index is 1.89. The van der Waals surface area contributed by atoms with E-state index in [9.17, 15) is 5.11 Å². The molecule has 1 heterocycles. The third-order valence-corrected chi connectivity index (χ3v) is 2.98. The Morgan fingerprint density at radius 3 is 2.53 bits per heavy atom. The van der Waals surface area contributed by atoms with Crippen LogP contribution in [-0.2, 0) is 4.74 Å². The molecule has 1 saturated heterocycles. The minimum atomic E-state index is -0.596. The van der Waals surface area contributed by atoms with Crippen molar-refractivity contribution in [3.8, 4) is 5.75 Å². The molecule has 1 atom stereocenters. The van der Waals surface area contributed by atoms with E-state index in [2.05, 4.69) is 6.92 Å². The van der Waals surface area contributed by atoms with Gasteiger partial charge >= 0.3 is 0 Å². The Morgan fingerprint density at radius 2 is 2.06 bits per heavy atom. The molecule has 4 nitrogen and oxygen atoms in total. The van der Waals surface area contributed by atoms with Crippen LogP contribution in [0.25, 0.3) is 0 Å². The number of benzene rings is 1. The molecule has 1 aromatic carbocycles. The Morgan fingerprint density at radius 1 is 1.41 bits per heavy atom. The van der Waals surface area contributed by atoms with Gasteiger partial charge in [-0.25, -0.2) is 0 Å². The highest BCUT2D eigenvalue weighted by Gasteiger charge is 2.34. The van der Waals surface area contributed by atoms with Crippen molar-refractivity contribution >= 4 is 0 Å². The molecule has 1 aliphatic heterocycles. The molecule has 0 aliphatic carbocycles. The molecule has 0 radical (unpaired) electrons. The van der Waals surface area contributed by atoms with Gasteiger partial charge in [0.1, 0.15) is 5.75 Å². The van der Waals surface area contributed by atoms with E-state index >= 15 is 0 Å². The van der Waals surface area contributed by atoms with Crippen molar-refractivity contribution in [2.45, 2.75) is 13.0 Å². The summed E-state index contributed by atoms with van der Waals surface area (Å²) in [7, 11) is 0. The fraction of sp³-hybridized carbons (Fsp3) is 0.538. The van der Waals surface area contributed by atoms with Crippen molar-refractivity contribution in [1.29, 1.82) is 0 Å². The lowest BCUT2D eigenvalue weighted by Crippen LogP contribution is -2.44. The van der Waals surface area contributed by atoms with Gasteiger partial charge in [0.25, 0.3) is 0 Å². The normalized spacial score (nSPS) is 19.5. The van der Waals surface area contributed by atoms with E-state index in [0.29, 0.717) is 6.61 Å². The lowest BCUT2D eigenvalue weighted by molar-refractivity contribution is -0.120. The zero-order chi connectivity index (χ0) is 12.3. The van der Waals surface area contributed by atoms with Crippen molar-refractivity contribution in [2.24, 2.45) is 11.1 Å². The third kappa shape index (κ3) is 2.97. The van der Waals surface area contributed by atoms with Crippen molar-refractivity contribution < 1.29 is 14.6 Å². The van der Waals surface area contributed by atoms with Crippen LogP contribution in [0.5, 0.6) is 5.75 Å². The van der Waals surface area contributed by atoms with Crippen molar-refractivity contribution in [3.63, 3.8) is 0 Å². The molecule has 1 aliphatic rings. The molecular weight excluding hydrogens is 218 g/mol. The zero-order valence-corrected chi connectivity index (χ0v) is 10.1. The SMILES string of the molecule is CC1(COc2ccc(C(O)CN)cc2)COC1. The molecule has 1 unspecified atom stereocenters. The molecule has 0 amide bonds. The lowest BCUT2D eigenvalue weighted by Gasteiger charge is -2.37. The number of nitrogens with two attached hydrogens (primary N) is 1. The molecule has 1 fully saturated rings. The van der Waals surface area contributed by atoms with Crippen LogP contribution in [0.1, 0.15) is 18.6 Å². The number of hydrogen-bond donors (Lipinski definition) is 2. The first-order valence-corrected chi connectivity index (χ1v) is 5.82. The van der Waals surface area contributed by atoms with E-state index in [1.54, 1.807) is 0 Å². The van der Waals surface area contributed by atoms with Crippen molar-refractivity contribution in [3.05, 3.63) is 29.8 Å². The van der Waals surface area contributed by atoms with Gasteiger partial charge in [0.2, 0.25) is 0 Å². The van der Waals surface area contributed by atoms with Gasteiger partial charge in [0, 0.05) is 12.0 Å². The molecule has 94 valence electrons. The highest BCUT2D eigenvalue weighted by atomic mass is 16.5. The van der Waals surface area contributed by atoms with Crippen LogP contribution in [0, 0.1) is 5.41 Å². The van der Waals surface area contributed by atoms with E-state index in [1.165, 1.54) is 0 Å². The second-order valence-electron chi connectivity index (χ2n) is 4.91. The third-order valence-electron chi connectivity index (χ3n) is 2.98. The van der Waals surface area contributed by atoms with Crippen LogP contribution in [0.2, 0.25) is 0 Å². The van der Waals surface area contributed by atoms with Gasteiger partial charge in [0.15, 0.2) is 0 Å². The first kappa shape index (κ1) is 12.4. The van der Waals surface area contributed by atoms with Crippen molar-refractivity contribution in [2.75, 3.05) is 26.4 Å². The highest BCUT2D eigenvalue weighted by molar-refractivity contribution is 5.28. The summed E-state index contributed by atoms with van der Waals surface area (Å²) in [5.74, 6) is 0.811. The highest BCUT2D eigenvalue weighted by Crippen LogP contribution is 2.27. The maximum atomic E-state index is 9.54. The topological polar surface area (TPSA) is 64.7 Å². The molecule has 0 spiro atoms. The molecule has 4 heteroatoms. The molecular formula is C13H19NO3. The second-order valence-corrected chi connectivity index (χ2v) is 4.91. The number of aliphatic hydroxyl groups is 1. The average molecular weight is 237 g/mol. The number of ether oxygens (including phenoxy) is 2. The molecule has 0 saturated carbocycles. The standard InChI is InChI=1S/C13H19NO3/c1-13(7-16-8-13)9-17-11-4-2-10(3-5-11)12(15)6-14/h2-5,12,15H,6-9,14H2,1H3. The van der Waals surface area contributed by atoms with Crippen LogP contribution in [-0.4, -0.2) is 31.5 Å². The maximum absolute atomic E-state index is 9.54. The zero-order valence-electron chi connectivity index (χ0n) is 10.1. The van der Waals surface area contributed by atoms with Gasteiger partial charge in [-0.05, 0) is 17.7 Å². The van der Waals surface area contributed by atoms with Gasteiger partial charge < -0.3 is 20.3 Å². The maximum Gasteiger partial charge on any atom is 0.119 e. The Labute approximate surface area is 101 Å². The van der Waals surface area contributed by atoms with Crippen LogP contribution in [0.3, 0.4) is 0 Å². The largest absolute Gasteiger partial charge is 0.493 e. The van der Waals surface area contributed by atoms with Crippen LogP contribution >= 0.6 is 0 Å². The van der Waals surface area contributed by atoms with Gasteiger partial charge in [-0.2, -0.15) is 0 Å². The molecule has 17 heavy (non-hydrogen) atoms. The predicted molar refractivity (Wildman–Crippen MR) is 64.9 cm³/mol. The van der Waals surface area contributed by atoms with E-state index in [4.69, 9.17) is 15.2 Å². The van der Waals surface area contributed by atoms with E-state index in [-0.39, 0.29) is 12.0 Å². The fourth-order valence-corrected chi connectivity index (χ4v) is 1.71. The van der Waals surface area contributed by atoms with Crippen molar-refractivity contribution in [1.82, 2.24) is 0 Å². The van der Waals surface area contributed by atoms with Gasteiger partial charge in [-0.1, -0.05) is 19.1 Å². The average Bonchev–Trinajstić information content (AvgIpc) is 2.33. The summed E-state index contributed by atoms with van der Waals surface area (Å²) in [6.45, 7) is 4.55. The monoisotopic (exact) mass is 237 g/mol. The fourth-order valence-electron chi connectivity index (χ4n) is 1.71. The summed E-state index contributed by atoms with van der Waals surface area (Å²) in [5.41, 5.74) is 6.35. The number of rotatable bonds is 5. The summed E-state index contributed by atoms with van der Waals surface area (Å²) in [6.07, 6.45) is -0.596. The molecule has 2 rings (SSSR count). The van der Waals surface area contributed by atoms with Gasteiger partial charge in [0.05, 0.1) is 25.9 Å². The van der Waals surface area contributed by atoms with Gasteiger partial charge in [-0.15, -0.1) is 0 Å². The van der Waals surface area contributed by atoms with E-state index in [1.807, 2.05) is 24.3 Å². The minimum absolute atomic E-state index is 0.148. The quantitative estimate of drug-likeness (QED) is 0.804. The first-order valence-electron chi connectivity index (χ1n) is 5.82. The molecule has 1 aromatic rings. The smallest absolute Gasteiger partial charge is 0.119 e. The van der Waals surface area contributed by atoms with E-state index in [0.717, 1.165) is 24.5 Å². The summed E-state index contributed by atoms with van der Waals surface area (Å²) >= 11 is 0.